The number of primary sulfonamides is 1. The number of esters is 1. The molecule has 8 heteroatoms. The predicted octanol–water partition coefficient (Wildman–Crippen LogP) is 6.25. The standard InChI is InChI=1S/C32H40N2O5S/c1-5-19-32(20-18-23-13-7-6-8-14-23)22-26(35)28(30(36)39-32)29(31(2,3)4)24-15-9-10-16-25(24)34-21-12-11-17-27(34)40(33,37)38/h6-17,21,27,29,35H,5,18-20,22H2,1-4H3,(H2,33,37,38)/t27?,29?,32-/m1/s1. The van der Waals surface area contributed by atoms with Crippen molar-refractivity contribution < 1.29 is 23.1 Å². The molecule has 214 valence electrons. The highest BCUT2D eigenvalue weighted by Gasteiger charge is 2.47. The third-order valence-electron chi connectivity index (χ3n) is 7.67. The first-order valence-electron chi connectivity index (χ1n) is 13.8. The van der Waals surface area contributed by atoms with Crippen LogP contribution in [0.2, 0.25) is 0 Å². The molecule has 0 spiro atoms. The number of hydrogen-bond donors (Lipinski definition) is 2. The maximum atomic E-state index is 13.9. The molecule has 0 bridgehead atoms. The quantitative estimate of drug-likeness (QED) is 0.348. The summed E-state index contributed by atoms with van der Waals surface area (Å²) in [6.07, 6.45) is 9.58. The van der Waals surface area contributed by atoms with Crippen molar-refractivity contribution >= 4 is 21.7 Å². The summed E-state index contributed by atoms with van der Waals surface area (Å²) < 4.78 is 31.2. The lowest BCUT2D eigenvalue weighted by Crippen LogP contribution is -2.44. The number of cyclic esters (lactones) is 1. The van der Waals surface area contributed by atoms with Gasteiger partial charge in [-0.25, -0.2) is 18.4 Å². The predicted molar refractivity (Wildman–Crippen MR) is 159 cm³/mol. The van der Waals surface area contributed by atoms with Crippen LogP contribution in [0.15, 0.2) is 90.4 Å². The topological polar surface area (TPSA) is 110 Å². The number of benzene rings is 2. The molecule has 7 nitrogen and oxygen atoms in total. The van der Waals surface area contributed by atoms with Crippen LogP contribution in [0.1, 0.15) is 70.4 Å². The summed E-state index contributed by atoms with van der Waals surface area (Å²) in [4.78, 5) is 15.5. The number of aliphatic hydroxyl groups excluding tert-OH is 1. The number of nitrogens with two attached hydrogens (primary N) is 1. The van der Waals surface area contributed by atoms with Crippen LogP contribution < -0.4 is 10.0 Å². The van der Waals surface area contributed by atoms with Crippen LogP contribution in [-0.2, 0) is 26.0 Å². The normalized spacial score (nSPS) is 22.4. The Balaban J connectivity index is 1.77. The molecule has 2 unspecified atom stereocenters. The number of rotatable bonds is 9. The Morgan fingerprint density at radius 3 is 2.38 bits per heavy atom. The Morgan fingerprint density at radius 1 is 1.07 bits per heavy atom. The molecule has 2 aromatic rings. The van der Waals surface area contributed by atoms with Crippen LogP contribution >= 0.6 is 0 Å². The number of ether oxygens (including phenoxy) is 1. The molecule has 0 saturated carbocycles. The molecule has 2 heterocycles. The summed E-state index contributed by atoms with van der Waals surface area (Å²) >= 11 is 0. The first-order chi connectivity index (χ1) is 18.9. The Labute approximate surface area is 238 Å². The zero-order valence-corrected chi connectivity index (χ0v) is 24.5. The van der Waals surface area contributed by atoms with Gasteiger partial charge in [0.05, 0.1) is 5.57 Å². The van der Waals surface area contributed by atoms with E-state index >= 15 is 0 Å². The molecule has 2 aliphatic rings. The van der Waals surface area contributed by atoms with E-state index in [1.807, 2.05) is 70.2 Å². The fraction of sp³-hybridized carbons (Fsp3) is 0.406. The molecule has 0 aliphatic carbocycles. The molecule has 0 fully saturated rings. The van der Waals surface area contributed by atoms with E-state index in [-0.39, 0.29) is 17.8 Å². The van der Waals surface area contributed by atoms with E-state index in [4.69, 9.17) is 9.88 Å². The van der Waals surface area contributed by atoms with Crippen LogP contribution in [0.4, 0.5) is 5.69 Å². The SMILES string of the molecule is CCC[C@@]1(CCc2ccccc2)CC(O)=C(C(c2ccccc2N2C=CC=CC2S(N)(=O)=O)C(C)(C)C)C(=O)O1. The number of aryl methyl sites for hydroxylation is 1. The molecule has 2 aromatic carbocycles. The van der Waals surface area contributed by atoms with Crippen molar-refractivity contribution in [1.82, 2.24) is 0 Å². The van der Waals surface area contributed by atoms with E-state index in [0.717, 1.165) is 18.4 Å². The third-order valence-corrected chi connectivity index (χ3v) is 8.73. The van der Waals surface area contributed by atoms with Gasteiger partial charge in [-0.1, -0.05) is 88.7 Å². The highest BCUT2D eigenvalue weighted by atomic mass is 32.2. The minimum Gasteiger partial charge on any atom is -0.512 e. The number of carbonyl (C=O) groups excluding carboxylic acids is 1. The number of hydrogen-bond acceptors (Lipinski definition) is 6. The lowest BCUT2D eigenvalue weighted by atomic mass is 9.69. The highest BCUT2D eigenvalue weighted by molar-refractivity contribution is 7.90. The zero-order valence-electron chi connectivity index (χ0n) is 23.7. The maximum absolute atomic E-state index is 13.9. The van der Waals surface area contributed by atoms with Crippen molar-refractivity contribution in [2.45, 2.75) is 76.7 Å². The van der Waals surface area contributed by atoms with Gasteiger partial charge in [0.2, 0.25) is 10.0 Å². The smallest absolute Gasteiger partial charge is 0.338 e. The molecule has 0 amide bonds. The minimum absolute atomic E-state index is 0.0320. The molecule has 3 N–H and O–H groups in total. The van der Waals surface area contributed by atoms with E-state index in [2.05, 4.69) is 12.1 Å². The van der Waals surface area contributed by atoms with Crippen molar-refractivity contribution in [1.29, 1.82) is 0 Å². The summed E-state index contributed by atoms with van der Waals surface area (Å²) in [5, 5.41) is 16.1. The number of para-hydroxylation sites is 1. The van der Waals surface area contributed by atoms with E-state index < -0.39 is 38.3 Å². The molecule has 2 aliphatic heterocycles. The van der Waals surface area contributed by atoms with Gasteiger partial charge in [-0.05, 0) is 54.0 Å². The van der Waals surface area contributed by atoms with Gasteiger partial charge in [-0.3, -0.25) is 0 Å². The molecule has 0 aromatic heterocycles. The summed E-state index contributed by atoms with van der Waals surface area (Å²) in [5.74, 6) is -1.08. The van der Waals surface area contributed by atoms with E-state index in [0.29, 0.717) is 24.1 Å². The van der Waals surface area contributed by atoms with E-state index in [1.54, 1.807) is 23.3 Å². The van der Waals surface area contributed by atoms with Crippen molar-refractivity contribution in [2.75, 3.05) is 4.90 Å². The molecule has 0 saturated heterocycles. The average molecular weight is 565 g/mol. The molecule has 3 atom stereocenters. The number of nitrogens with zero attached hydrogens (tertiary/aromatic N) is 1. The van der Waals surface area contributed by atoms with E-state index in [9.17, 15) is 18.3 Å². The van der Waals surface area contributed by atoms with Gasteiger partial charge in [0, 0.05) is 24.2 Å². The number of aliphatic hydroxyl groups is 1. The van der Waals surface area contributed by atoms with Crippen molar-refractivity contribution in [2.24, 2.45) is 10.6 Å². The highest BCUT2D eigenvalue weighted by Crippen LogP contribution is 2.49. The minimum atomic E-state index is -3.96. The third kappa shape index (κ3) is 6.34. The molecular formula is C32H40N2O5S. The van der Waals surface area contributed by atoms with Crippen molar-refractivity contribution in [3.05, 3.63) is 101 Å². The fourth-order valence-electron chi connectivity index (χ4n) is 5.95. The lowest BCUT2D eigenvalue weighted by molar-refractivity contribution is -0.161. The average Bonchev–Trinajstić information content (AvgIpc) is 2.89. The van der Waals surface area contributed by atoms with Gasteiger partial charge >= 0.3 is 5.97 Å². The van der Waals surface area contributed by atoms with Crippen LogP contribution in [-0.4, -0.2) is 30.5 Å². The second-order valence-electron chi connectivity index (χ2n) is 11.8. The van der Waals surface area contributed by atoms with Gasteiger partial charge in [0.1, 0.15) is 11.4 Å². The van der Waals surface area contributed by atoms with Crippen LogP contribution in [0.5, 0.6) is 0 Å². The summed E-state index contributed by atoms with van der Waals surface area (Å²) in [6, 6.07) is 17.4. The van der Waals surface area contributed by atoms with Gasteiger partial charge in [0.15, 0.2) is 5.37 Å². The van der Waals surface area contributed by atoms with Gasteiger partial charge in [-0.2, -0.15) is 0 Å². The zero-order chi connectivity index (χ0) is 29.1. The Hall–Kier alpha value is -3.36. The molecule has 4 rings (SSSR count). The van der Waals surface area contributed by atoms with Crippen molar-refractivity contribution in [3.63, 3.8) is 0 Å². The molecule has 40 heavy (non-hydrogen) atoms. The summed E-state index contributed by atoms with van der Waals surface area (Å²) in [5.41, 5.74) is 1.34. The molecular weight excluding hydrogens is 524 g/mol. The van der Waals surface area contributed by atoms with Crippen molar-refractivity contribution in [3.8, 4) is 0 Å². The summed E-state index contributed by atoms with van der Waals surface area (Å²) in [7, 11) is -3.96. The van der Waals surface area contributed by atoms with Crippen LogP contribution in [0.25, 0.3) is 0 Å². The molecule has 0 radical (unpaired) electrons. The number of carbonyl (C=O) groups is 1. The van der Waals surface area contributed by atoms with Gasteiger partial charge in [-0.15, -0.1) is 0 Å². The first kappa shape index (κ1) is 29.6. The number of sulfonamides is 1. The second-order valence-corrected chi connectivity index (χ2v) is 13.5. The lowest BCUT2D eigenvalue weighted by Gasteiger charge is -2.42. The Morgan fingerprint density at radius 2 is 1.75 bits per heavy atom. The Bertz CT molecular complexity index is 1420. The fourth-order valence-corrected chi connectivity index (χ4v) is 6.76. The monoisotopic (exact) mass is 564 g/mol. The Kier molecular flexibility index (Phi) is 8.61. The van der Waals surface area contributed by atoms with Crippen LogP contribution in [0.3, 0.4) is 0 Å². The van der Waals surface area contributed by atoms with Crippen LogP contribution in [0, 0.1) is 5.41 Å². The second kappa shape index (κ2) is 11.6. The van der Waals surface area contributed by atoms with Gasteiger partial charge in [0.25, 0.3) is 0 Å². The maximum Gasteiger partial charge on any atom is 0.338 e. The first-order valence-corrected chi connectivity index (χ1v) is 15.4. The van der Waals surface area contributed by atoms with Gasteiger partial charge < -0.3 is 14.7 Å². The largest absolute Gasteiger partial charge is 0.512 e. The summed E-state index contributed by atoms with van der Waals surface area (Å²) in [6.45, 7) is 8.03. The number of anilines is 1. The number of allylic oxidation sites excluding steroid dienone is 2. The van der Waals surface area contributed by atoms with E-state index in [1.165, 1.54) is 6.08 Å².